The summed E-state index contributed by atoms with van der Waals surface area (Å²) in [7, 11) is -3.71. The number of nitro groups is 1. The minimum atomic E-state index is -3.71. The molecule has 6 nitrogen and oxygen atoms in total. The van der Waals surface area contributed by atoms with Gasteiger partial charge >= 0.3 is 0 Å². The van der Waals surface area contributed by atoms with Crippen LogP contribution in [-0.2, 0) is 29.3 Å². The highest BCUT2D eigenvalue weighted by Gasteiger charge is 2.15. The summed E-state index contributed by atoms with van der Waals surface area (Å²) >= 11 is 0. The van der Waals surface area contributed by atoms with Crippen molar-refractivity contribution in [3.8, 4) is 0 Å². The van der Waals surface area contributed by atoms with Gasteiger partial charge in [-0.1, -0.05) is 26.0 Å². The van der Waals surface area contributed by atoms with E-state index in [4.69, 9.17) is 5.14 Å². The zero-order chi connectivity index (χ0) is 17.9. The maximum atomic E-state index is 11.3. The Bertz CT molecular complexity index is 834. The van der Waals surface area contributed by atoms with Crippen molar-refractivity contribution in [1.29, 1.82) is 0 Å². The average Bonchev–Trinajstić information content (AvgIpc) is 2.54. The van der Waals surface area contributed by atoms with Gasteiger partial charge in [-0.2, -0.15) is 0 Å². The van der Waals surface area contributed by atoms with Crippen LogP contribution in [0.4, 0.5) is 5.69 Å². The van der Waals surface area contributed by atoms with Gasteiger partial charge in [-0.25, -0.2) is 13.6 Å². The van der Waals surface area contributed by atoms with Crippen LogP contribution in [0.1, 0.15) is 36.1 Å². The van der Waals surface area contributed by atoms with Crippen molar-refractivity contribution in [2.45, 2.75) is 38.0 Å². The Morgan fingerprint density at radius 1 is 1.04 bits per heavy atom. The molecule has 0 atom stereocenters. The minimum Gasteiger partial charge on any atom is -0.258 e. The fraction of sp³-hybridized carbons (Fsp3) is 0.294. The first-order chi connectivity index (χ1) is 11.3. The number of nitro benzene ring substituents is 1. The molecule has 2 aromatic rings. The standard InChI is InChI=1S/C17H20N2O4S/c1-3-13-10-15(19(20)21)11-14(4-2)17(13)9-12-5-7-16(8-6-12)24(18,22)23/h5-8,10-11H,3-4,9H2,1-2H3,(H2,18,22,23). The van der Waals surface area contributed by atoms with E-state index in [2.05, 4.69) is 0 Å². The first kappa shape index (κ1) is 18.1. The topological polar surface area (TPSA) is 103 Å². The molecule has 2 rings (SSSR count). The lowest BCUT2D eigenvalue weighted by Crippen LogP contribution is -2.12. The number of hydrogen-bond donors (Lipinski definition) is 1. The van der Waals surface area contributed by atoms with E-state index in [0.717, 1.165) is 22.3 Å². The van der Waals surface area contributed by atoms with Crippen molar-refractivity contribution in [2.24, 2.45) is 5.14 Å². The van der Waals surface area contributed by atoms with Gasteiger partial charge < -0.3 is 0 Å². The van der Waals surface area contributed by atoms with Gasteiger partial charge in [0.15, 0.2) is 0 Å². The molecule has 0 aliphatic rings. The molecule has 0 radical (unpaired) electrons. The quantitative estimate of drug-likeness (QED) is 0.640. The first-order valence-corrected chi connectivity index (χ1v) is 9.21. The fourth-order valence-corrected chi connectivity index (χ4v) is 3.26. The summed E-state index contributed by atoms with van der Waals surface area (Å²) in [5.74, 6) is 0. The molecule has 0 spiro atoms. The van der Waals surface area contributed by atoms with Crippen LogP contribution in [0.15, 0.2) is 41.3 Å². The summed E-state index contributed by atoms with van der Waals surface area (Å²) in [5, 5.41) is 16.2. The molecule has 0 aliphatic heterocycles. The molecule has 0 fully saturated rings. The third kappa shape index (κ3) is 3.98. The zero-order valence-corrected chi connectivity index (χ0v) is 14.5. The summed E-state index contributed by atoms with van der Waals surface area (Å²) in [6.07, 6.45) is 1.98. The number of benzene rings is 2. The van der Waals surface area contributed by atoms with E-state index >= 15 is 0 Å². The lowest BCUT2D eigenvalue weighted by atomic mass is 9.91. The molecule has 0 aromatic heterocycles. The lowest BCUT2D eigenvalue weighted by Gasteiger charge is -2.14. The molecule has 0 saturated carbocycles. The maximum Gasteiger partial charge on any atom is 0.269 e. The Labute approximate surface area is 141 Å². The van der Waals surface area contributed by atoms with Crippen LogP contribution in [0, 0.1) is 10.1 Å². The molecule has 0 amide bonds. The molecule has 2 aromatic carbocycles. The van der Waals surface area contributed by atoms with E-state index in [-0.39, 0.29) is 15.5 Å². The Balaban J connectivity index is 2.43. The van der Waals surface area contributed by atoms with Gasteiger partial charge in [0.05, 0.1) is 9.82 Å². The summed E-state index contributed by atoms with van der Waals surface area (Å²) in [4.78, 5) is 10.8. The molecule has 0 saturated heterocycles. The van der Waals surface area contributed by atoms with Crippen LogP contribution in [0.25, 0.3) is 0 Å². The van der Waals surface area contributed by atoms with Crippen molar-refractivity contribution in [3.63, 3.8) is 0 Å². The first-order valence-electron chi connectivity index (χ1n) is 7.67. The van der Waals surface area contributed by atoms with Gasteiger partial charge in [-0.15, -0.1) is 0 Å². The predicted molar refractivity (Wildman–Crippen MR) is 92.5 cm³/mol. The molecular formula is C17H20N2O4S. The van der Waals surface area contributed by atoms with Gasteiger partial charge in [0.2, 0.25) is 10.0 Å². The van der Waals surface area contributed by atoms with Crippen molar-refractivity contribution in [2.75, 3.05) is 0 Å². The normalized spacial score (nSPS) is 11.5. The third-order valence-corrected chi connectivity index (χ3v) is 4.95. The van der Waals surface area contributed by atoms with Crippen molar-refractivity contribution >= 4 is 15.7 Å². The summed E-state index contributed by atoms with van der Waals surface area (Å²) in [6.45, 7) is 3.93. The van der Waals surface area contributed by atoms with Crippen LogP contribution < -0.4 is 5.14 Å². The average molecular weight is 348 g/mol. The smallest absolute Gasteiger partial charge is 0.258 e. The van der Waals surface area contributed by atoms with E-state index in [1.54, 1.807) is 24.3 Å². The number of primary sulfonamides is 1. The van der Waals surface area contributed by atoms with Gasteiger partial charge in [-0.3, -0.25) is 10.1 Å². The molecule has 24 heavy (non-hydrogen) atoms. The van der Waals surface area contributed by atoms with Crippen LogP contribution in [0.5, 0.6) is 0 Å². The number of non-ortho nitro benzene ring substituents is 1. The molecule has 0 aliphatic carbocycles. The number of hydrogen-bond acceptors (Lipinski definition) is 4. The molecule has 0 bridgehead atoms. The number of nitrogens with two attached hydrogens (primary N) is 1. The summed E-state index contributed by atoms with van der Waals surface area (Å²) in [6, 6.07) is 9.64. The molecular weight excluding hydrogens is 328 g/mol. The Morgan fingerprint density at radius 3 is 1.92 bits per heavy atom. The second-order valence-electron chi connectivity index (χ2n) is 5.57. The van der Waals surface area contributed by atoms with Crippen LogP contribution >= 0.6 is 0 Å². The SMILES string of the molecule is CCc1cc([N+](=O)[O-])cc(CC)c1Cc1ccc(S(N)(=O)=O)cc1. The largest absolute Gasteiger partial charge is 0.269 e. The number of nitrogens with zero attached hydrogens (tertiary/aromatic N) is 1. The fourth-order valence-electron chi connectivity index (χ4n) is 2.74. The Kier molecular flexibility index (Phi) is 5.36. The highest BCUT2D eigenvalue weighted by atomic mass is 32.2. The van der Waals surface area contributed by atoms with Crippen molar-refractivity contribution in [1.82, 2.24) is 0 Å². The van der Waals surface area contributed by atoms with E-state index in [9.17, 15) is 18.5 Å². The predicted octanol–water partition coefficient (Wildman–Crippen LogP) is 2.96. The van der Waals surface area contributed by atoms with Gasteiger partial charge in [0, 0.05) is 12.1 Å². The number of sulfonamides is 1. The van der Waals surface area contributed by atoms with Gasteiger partial charge in [-0.05, 0) is 53.6 Å². The van der Waals surface area contributed by atoms with E-state index in [1.807, 2.05) is 13.8 Å². The van der Waals surface area contributed by atoms with E-state index < -0.39 is 10.0 Å². The molecule has 0 heterocycles. The highest BCUT2D eigenvalue weighted by molar-refractivity contribution is 7.89. The number of rotatable bonds is 6. The van der Waals surface area contributed by atoms with Crippen LogP contribution in [-0.4, -0.2) is 13.3 Å². The summed E-state index contributed by atoms with van der Waals surface area (Å²) < 4.78 is 22.6. The second-order valence-corrected chi connectivity index (χ2v) is 7.13. The zero-order valence-electron chi connectivity index (χ0n) is 13.7. The molecule has 0 unspecified atom stereocenters. The van der Waals surface area contributed by atoms with Gasteiger partial charge in [0.1, 0.15) is 0 Å². The maximum absolute atomic E-state index is 11.3. The van der Waals surface area contributed by atoms with Crippen molar-refractivity contribution in [3.05, 3.63) is 68.8 Å². The lowest BCUT2D eigenvalue weighted by molar-refractivity contribution is -0.385. The Hall–Kier alpha value is -2.25. The van der Waals surface area contributed by atoms with Crippen LogP contribution in [0.3, 0.4) is 0 Å². The second kappa shape index (κ2) is 7.11. The van der Waals surface area contributed by atoms with Crippen LogP contribution in [0.2, 0.25) is 0 Å². The molecule has 128 valence electrons. The number of aryl methyl sites for hydroxylation is 2. The minimum absolute atomic E-state index is 0.0707. The monoisotopic (exact) mass is 348 g/mol. The highest BCUT2D eigenvalue weighted by Crippen LogP contribution is 2.26. The summed E-state index contributed by atoms with van der Waals surface area (Å²) in [5.41, 5.74) is 3.99. The van der Waals surface area contributed by atoms with E-state index in [0.29, 0.717) is 19.3 Å². The molecule has 7 heteroatoms. The van der Waals surface area contributed by atoms with Crippen molar-refractivity contribution < 1.29 is 13.3 Å². The third-order valence-electron chi connectivity index (χ3n) is 4.02. The Morgan fingerprint density at radius 2 is 1.54 bits per heavy atom. The van der Waals surface area contributed by atoms with E-state index in [1.165, 1.54) is 12.1 Å². The van der Waals surface area contributed by atoms with Gasteiger partial charge in [0.25, 0.3) is 5.69 Å². The molecule has 2 N–H and O–H groups in total.